The van der Waals surface area contributed by atoms with E-state index in [0.29, 0.717) is 24.0 Å². The van der Waals surface area contributed by atoms with Crippen LogP contribution in [0, 0.1) is 34.0 Å². The highest BCUT2D eigenvalue weighted by Gasteiger charge is 2.72. The van der Waals surface area contributed by atoms with E-state index >= 15 is 4.11 Å². The summed E-state index contributed by atoms with van der Waals surface area (Å²) in [4.78, 5) is 44.5. The predicted molar refractivity (Wildman–Crippen MR) is 207 cm³/mol. The number of esters is 2. The summed E-state index contributed by atoms with van der Waals surface area (Å²) in [5, 5.41) is 20.3. The first-order chi connectivity index (χ1) is 26.0. The third-order valence-electron chi connectivity index (χ3n) is 12.8. The molecule has 8 atom stereocenters. The molecular weight excluding hydrogens is 736 g/mol. The summed E-state index contributed by atoms with van der Waals surface area (Å²) in [6.45, 7) is 18.0. The number of nitrogens with zero attached hydrogens (tertiary/aromatic N) is 2. The number of rotatable bonds is 7. The molecule has 0 amide bonds. The molecule has 1 aliphatic heterocycles. The molecule has 2 aromatic heterocycles. The lowest BCUT2D eigenvalue weighted by atomic mass is 9.42. The molecule has 11 nitrogen and oxygen atoms in total. The number of carbonyl (C=O) groups is 2. The molecule has 2 fully saturated rings. The Bertz CT molecular complexity index is 2080. The standard InChI is InChI=1S/C43H53FN2O9Si/c1-25(47)51-24-42(9)31-21-33(53-37(49)27-15-13-26(22-45)14-16-27)43(10)36(41(31,8)18-17-32(42)55-56(44,39(2,3)4)40(5,6)7)35(48)34-30(54-43)20-29(52-38(34)50)28-12-11-19-46-23-28/h11-16,19-20,23,31-33,35-36,48H,17-18,21,24H2,1-10H3/t31-,32+,33+,35+,36-,41+,42+,43-/m1/s1. The summed E-state index contributed by atoms with van der Waals surface area (Å²) in [5.41, 5.74) is -3.09. The van der Waals surface area contributed by atoms with Crippen LogP contribution in [0.1, 0.15) is 116 Å². The van der Waals surface area contributed by atoms with Crippen LogP contribution in [0.5, 0.6) is 5.75 Å². The average molecular weight is 789 g/mol. The van der Waals surface area contributed by atoms with Crippen LogP contribution in [-0.4, -0.2) is 55.1 Å². The van der Waals surface area contributed by atoms with Crippen LogP contribution in [0.25, 0.3) is 11.3 Å². The fourth-order valence-corrected chi connectivity index (χ4v) is 13.9. The number of halogens is 1. The van der Waals surface area contributed by atoms with Gasteiger partial charge in [-0.2, -0.15) is 5.26 Å². The average Bonchev–Trinajstić information content (AvgIpc) is 3.12. The first kappa shape index (κ1) is 41.3. The van der Waals surface area contributed by atoms with Crippen molar-refractivity contribution in [2.45, 2.75) is 122 Å². The Hall–Kier alpha value is -4.38. The monoisotopic (exact) mass is 788 g/mol. The summed E-state index contributed by atoms with van der Waals surface area (Å²) in [5.74, 6) is -2.32. The van der Waals surface area contributed by atoms with Gasteiger partial charge in [0.15, 0.2) is 0 Å². The van der Waals surface area contributed by atoms with Crippen molar-refractivity contribution in [3.05, 3.63) is 82.0 Å². The topological polar surface area (TPSA) is 158 Å². The third kappa shape index (κ3) is 6.77. The molecule has 0 saturated heterocycles. The van der Waals surface area contributed by atoms with Crippen LogP contribution >= 0.6 is 0 Å². The Balaban J connectivity index is 1.52. The van der Waals surface area contributed by atoms with Crippen LogP contribution < -0.4 is 10.4 Å². The highest BCUT2D eigenvalue weighted by atomic mass is 28.4. The second-order valence-corrected chi connectivity index (χ2v) is 23.0. The molecule has 2 aliphatic carbocycles. The second kappa shape index (κ2) is 14.2. The number of hydrogen-bond donors (Lipinski definition) is 1. The van der Waals surface area contributed by atoms with Crippen molar-refractivity contribution >= 4 is 20.6 Å². The van der Waals surface area contributed by atoms with Gasteiger partial charge < -0.3 is 28.2 Å². The van der Waals surface area contributed by atoms with E-state index in [1.165, 1.54) is 31.2 Å². The number of nitriles is 1. The van der Waals surface area contributed by atoms with Crippen LogP contribution in [-0.2, 0) is 18.7 Å². The van der Waals surface area contributed by atoms with Crippen LogP contribution in [0.4, 0.5) is 4.11 Å². The Kier molecular flexibility index (Phi) is 10.5. The maximum Gasteiger partial charge on any atom is 0.394 e. The summed E-state index contributed by atoms with van der Waals surface area (Å²) in [6.07, 6.45) is 0.855. The Morgan fingerprint density at radius 3 is 2.30 bits per heavy atom. The summed E-state index contributed by atoms with van der Waals surface area (Å²) >= 11 is 0. The van der Waals surface area contributed by atoms with Gasteiger partial charge in [-0.15, -0.1) is 0 Å². The summed E-state index contributed by atoms with van der Waals surface area (Å²) in [6, 6.07) is 13.1. The Labute approximate surface area is 328 Å². The van der Waals surface area contributed by atoms with Crippen molar-refractivity contribution in [3.8, 4) is 23.1 Å². The van der Waals surface area contributed by atoms with E-state index in [4.69, 9.17) is 23.1 Å². The summed E-state index contributed by atoms with van der Waals surface area (Å²) < 4.78 is 49.4. The van der Waals surface area contributed by atoms with Crippen LogP contribution in [0.3, 0.4) is 0 Å². The fourth-order valence-electron chi connectivity index (χ4n) is 10.2. The maximum atomic E-state index is 17.7. The highest BCUT2D eigenvalue weighted by Crippen LogP contribution is 2.68. The summed E-state index contributed by atoms with van der Waals surface area (Å²) in [7, 11) is -4.09. The first-order valence-electron chi connectivity index (χ1n) is 19.2. The molecule has 3 aromatic rings. The molecule has 2 saturated carbocycles. The highest BCUT2D eigenvalue weighted by molar-refractivity contribution is 6.72. The SMILES string of the molecule is CC(=O)OC[C@@]1(C)[C@@H]2C[C@H](OC(=O)c3ccc(C#N)cc3)[C@@]3(C)Oc4cc(-c5cccnc5)oc(=O)c4[C@H](O)[C@@H]3[C@@]2(C)CC[C@@H]1O[Si](F)(C(C)(C)C)C(C)(C)C. The fraction of sp³-hybridized carbons (Fsp3) is 0.558. The number of ether oxygens (including phenoxy) is 3. The third-order valence-corrected chi connectivity index (χ3v) is 17.3. The van der Waals surface area contributed by atoms with Crippen LogP contribution in [0.2, 0.25) is 10.1 Å². The van der Waals surface area contributed by atoms with Gasteiger partial charge in [-0.25, -0.2) is 9.59 Å². The zero-order valence-electron chi connectivity index (χ0n) is 33.9. The molecule has 1 aromatic carbocycles. The molecule has 1 N–H and O–H groups in total. The number of aliphatic hydroxyl groups is 1. The number of carbonyl (C=O) groups excluding carboxylic acids is 2. The normalized spacial score (nSPS) is 30.1. The Morgan fingerprint density at radius 1 is 1.07 bits per heavy atom. The van der Waals surface area contributed by atoms with Gasteiger partial charge in [0.2, 0.25) is 0 Å². The van der Waals surface area contributed by atoms with Crippen molar-refractivity contribution in [2.24, 2.45) is 22.7 Å². The van der Waals surface area contributed by atoms with Crippen molar-refractivity contribution in [1.29, 1.82) is 5.26 Å². The number of fused-ring (bicyclic) bond motifs is 4. The van der Waals surface area contributed by atoms with Gasteiger partial charge in [-0.1, -0.05) is 55.4 Å². The lowest BCUT2D eigenvalue weighted by molar-refractivity contribution is -0.264. The van der Waals surface area contributed by atoms with Gasteiger partial charge in [-0.05, 0) is 73.9 Å². The lowest BCUT2D eigenvalue weighted by Gasteiger charge is -2.67. The van der Waals surface area contributed by atoms with E-state index in [0.717, 1.165) is 0 Å². The number of aliphatic hydroxyl groups excluding tert-OH is 1. The molecular formula is C43H53FN2O9Si. The van der Waals surface area contributed by atoms with Gasteiger partial charge in [0.25, 0.3) is 0 Å². The van der Waals surface area contributed by atoms with Crippen molar-refractivity contribution < 1.29 is 41.9 Å². The minimum absolute atomic E-state index is 0.0603. The number of aromatic nitrogens is 1. The molecule has 56 heavy (non-hydrogen) atoms. The van der Waals surface area contributed by atoms with E-state index in [-0.39, 0.29) is 35.7 Å². The van der Waals surface area contributed by atoms with Crippen molar-refractivity contribution in [3.63, 3.8) is 0 Å². The van der Waals surface area contributed by atoms with E-state index in [2.05, 4.69) is 4.98 Å². The number of benzene rings is 1. The number of hydrogen-bond acceptors (Lipinski definition) is 11. The zero-order valence-corrected chi connectivity index (χ0v) is 34.9. The van der Waals surface area contributed by atoms with Crippen molar-refractivity contribution in [1.82, 2.24) is 4.98 Å². The van der Waals surface area contributed by atoms with Gasteiger partial charge in [0, 0.05) is 52.4 Å². The molecule has 13 heteroatoms. The molecule has 0 bridgehead atoms. The number of pyridine rings is 1. The zero-order chi connectivity index (χ0) is 41.2. The minimum Gasteiger partial charge on any atom is -0.482 e. The predicted octanol–water partition coefficient (Wildman–Crippen LogP) is 8.39. The maximum absolute atomic E-state index is 17.7. The smallest absolute Gasteiger partial charge is 0.394 e. The van der Waals surface area contributed by atoms with E-state index in [1.54, 1.807) is 37.5 Å². The van der Waals surface area contributed by atoms with E-state index < -0.39 is 82.9 Å². The Morgan fingerprint density at radius 2 is 1.73 bits per heavy atom. The first-order valence-corrected chi connectivity index (χ1v) is 21.0. The van der Waals surface area contributed by atoms with E-state index in [9.17, 15) is 24.8 Å². The minimum atomic E-state index is -4.09. The van der Waals surface area contributed by atoms with E-state index in [1.807, 2.05) is 61.5 Å². The molecule has 0 spiro atoms. The lowest BCUT2D eigenvalue weighted by Crippen LogP contribution is -2.72. The van der Waals surface area contributed by atoms with Crippen LogP contribution in [0.15, 0.2) is 64.1 Å². The molecule has 300 valence electrons. The van der Waals surface area contributed by atoms with Crippen molar-refractivity contribution in [2.75, 3.05) is 6.61 Å². The molecule has 3 aliphatic rings. The van der Waals surface area contributed by atoms with Gasteiger partial charge in [0.1, 0.15) is 28.8 Å². The largest absolute Gasteiger partial charge is 0.482 e. The molecule has 0 unspecified atom stereocenters. The second-order valence-electron chi connectivity index (χ2n) is 18.5. The van der Waals surface area contributed by atoms with Gasteiger partial charge in [-0.3, -0.25) is 13.9 Å². The molecule has 6 rings (SSSR count). The van der Waals surface area contributed by atoms with Gasteiger partial charge >= 0.3 is 26.2 Å². The van der Waals surface area contributed by atoms with Gasteiger partial charge in [0.05, 0.1) is 36.0 Å². The molecule has 3 heterocycles. The molecule has 0 radical (unpaired) electrons. The quantitative estimate of drug-likeness (QED) is 0.139.